The fourth-order valence-corrected chi connectivity index (χ4v) is 3.37. The molecule has 1 saturated carbocycles. The zero-order valence-electron chi connectivity index (χ0n) is 13.0. The van der Waals surface area contributed by atoms with Crippen molar-refractivity contribution < 1.29 is 4.79 Å². The van der Waals surface area contributed by atoms with Crippen molar-refractivity contribution in [2.45, 2.75) is 52.0 Å². The molecule has 2 rings (SSSR count). The van der Waals surface area contributed by atoms with Gasteiger partial charge in [-0.3, -0.25) is 4.79 Å². The molecular formula is C17H27ClN2O. The second-order valence-electron chi connectivity index (χ2n) is 6.38. The molecule has 1 aromatic carbocycles. The molecule has 118 valence electrons. The van der Waals surface area contributed by atoms with Gasteiger partial charge in [0.05, 0.1) is 0 Å². The lowest BCUT2D eigenvalue weighted by atomic mass is 9.80. The second-order valence-corrected chi connectivity index (χ2v) is 6.38. The standard InChI is InChI=1S/C17H26N2O.ClH/c1-12-9-13(2)11-15(10-12)19-17(20)8-7-14-5-3-4-6-16(14)18;/h3-6,12-13,15H,7-11,18H2,1-2H3,(H,19,20);1H. The Balaban J connectivity index is 0.00000220. The zero-order valence-corrected chi connectivity index (χ0v) is 13.8. The molecule has 1 aromatic rings. The van der Waals surface area contributed by atoms with Gasteiger partial charge in [-0.15, -0.1) is 12.4 Å². The molecule has 21 heavy (non-hydrogen) atoms. The number of benzene rings is 1. The van der Waals surface area contributed by atoms with E-state index >= 15 is 0 Å². The number of nitrogen functional groups attached to an aromatic ring is 1. The van der Waals surface area contributed by atoms with E-state index < -0.39 is 0 Å². The minimum atomic E-state index is 0. The van der Waals surface area contributed by atoms with Gasteiger partial charge in [-0.25, -0.2) is 0 Å². The van der Waals surface area contributed by atoms with Crippen molar-refractivity contribution >= 4 is 24.0 Å². The van der Waals surface area contributed by atoms with Crippen molar-refractivity contribution in [1.29, 1.82) is 0 Å². The average molecular weight is 311 g/mol. The zero-order chi connectivity index (χ0) is 14.5. The number of carbonyl (C=O) groups excluding carboxylic acids is 1. The van der Waals surface area contributed by atoms with E-state index in [9.17, 15) is 4.79 Å². The number of anilines is 1. The number of hydrogen-bond acceptors (Lipinski definition) is 2. The number of aryl methyl sites for hydroxylation is 1. The van der Waals surface area contributed by atoms with Crippen molar-refractivity contribution in [3.05, 3.63) is 29.8 Å². The van der Waals surface area contributed by atoms with Crippen LogP contribution in [0.3, 0.4) is 0 Å². The van der Waals surface area contributed by atoms with Crippen LogP contribution in [0.25, 0.3) is 0 Å². The maximum Gasteiger partial charge on any atom is 0.220 e. The van der Waals surface area contributed by atoms with Gasteiger partial charge < -0.3 is 11.1 Å². The molecule has 0 aliphatic heterocycles. The monoisotopic (exact) mass is 310 g/mol. The maximum absolute atomic E-state index is 12.1. The Morgan fingerprint density at radius 2 is 1.81 bits per heavy atom. The quantitative estimate of drug-likeness (QED) is 0.835. The lowest BCUT2D eigenvalue weighted by molar-refractivity contribution is -0.122. The average Bonchev–Trinajstić information content (AvgIpc) is 2.36. The van der Waals surface area contributed by atoms with E-state index in [0.717, 1.165) is 30.5 Å². The Kier molecular flexibility index (Phi) is 7.03. The first-order valence-electron chi connectivity index (χ1n) is 7.67. The Bertz CT molecular complexity index is 454. The van der Waals surface area contributed by atoms with Crippen molar-refractivity contribution in [3.63, 3.8) is 0 Å². The Hall–Kier alpha value is -1.22. The van der Waals surface area contributed by atoms with Crippen LogP contribution in [-0.2, 0) is 11.2 Å². The van der Waals surface area contributed by atoms with Crippen LogP contribution in [0.1, 0.15) is 45.1 Å². The fraction of sp³-hybridized carbons (Fsp3) is 0.588. The topological polar surface area (TPSA) is 55.1 Å². The summed E-state index contributed by atoms with van der Waals surface area (Å²) >= 11 is 0. The molecule has 0 spiro atoms. The first-order valence-corrected chi connectivity index (χ1v) is 7.67. The normalized spacial score (nSPS) is 25.0. The lowest BCUT2D eigenvalue weighted by Gasteiger charge is -2.32. The third-order valence-corrected chi connectivity index (χ3v) is 4.22. The van der Waals surface area contributed by atoms with E-state index in [1.807, 2.05) is 24.3 Å². The molecule has 2 atom stereocenters. The van der Waals surface area contributed by atoms with E-state index in [1.165, 1.54) is 6.42 Å². The summed E-state index contributed by atoms with van der Waals surface area (Å²) in [4.78, 5) is 12.1. The highest BCUT2D eigenvalue weighted by molar-refractivity contribution is 5.85. The predicted molar refractivity (Wildman–Crippen MR) is 90.5 cm³/mol. The molecule has 3 N–H and O–H groups in total. The summed E-state index contributed by atoms with van der Waals surface area (Å²) in [5, 5.41) is 3.19. The molecule has 1 aliphatic rings. The molecule has 1 amide bonds. The number of nitrogens with one attached hydrogen (secondary N) is 1. The molecule has 0 bridgehead atoms. The minimum Gasteiger partial charge on any atom is -0.399 e. The number of halogens is 1. The molecular weight excluding hydrogens is 284 g/mol. The first-order chi connectivity index (χ1) is 9.54. The van der Waals surface area contributed by atoms with E-state index in [1.54, 1.807) is 0 Å². The fourth-order valence-electron chi connectivity index (χ4n) is 3.37. The number of carbonyl (C=O) groups is 1. The van der Waals surface area contributed by atoms with E-state index in [0.29, 0.717) is 24.3 Å². The highest BCUT2D eigenvalue weighted by Gasteiger charge is 2.24. The smallest absolute Gasteiger partial charge is 0.220 e. The number of hydrogen-bond donors (Lipinski definition) is 2. The molecule has 1 aliphatic carbocycles. The third kappa shape index (κ3) is 5.58. The van der Waals surface area contributed by atoms with Crippen LogP contribution in [0.15, 0.2) is 24.3 Å². The SMILES string of the molecule is CC1CC(C)CC(NC(=O)CCc2ccccc2N)C1.Cl. The molecule has 0 saturated heterocycles. The largest absolute Gasteiger partial charge is 0.399 e. The van der Waals surface area contributed by atoms with Crippen molar-refractivity contribution in [2.24, 2.45) is 11.8 Å². The Morgan fingerprint density at radius 1 is 1.19 bits per heavy atom. The van der Waals surface area contributed by atoms with Gasteiger partial charge in [0.25, 0.3) is 0 Å². The second kappa shape index (κ2) is 8.28. The van der Waals surface area contributed by atoms with Crippen molar-refractivity contribution in [2.75, 3.05) is 5.73 Å². The number of amides is 1. The maximum atomic E-state index is 12.1. The van der Waals surface area contributed by atoms with Gasteiger partial charge in [-0.1, -0.05) is 32.0 Å². The van der Waals surface area contributed by atoms with Gasteiger partial charge in [0, 0.05) is 18.2 Å². The summed E-state index contributed by atoms with van der Waals surface area (Å²) in [6.45, 7) is 4.55. The van der Waals surface area contributed by atoms with Crippen LogP contribution < -0.4 is 11.1 Å². The third-order valence-electron chi connectivity index (χ3n) is 4.22. The molecule has 0 heterocycles. The van der Waals surface area contributed by atoms with E-state index in [4.69, 9.17) is 5.73 Å². The molecule has 3 nitrogen and oxygen atoms in total. The Morgan fingerprint density at radius 3 is 2.43 bits per heavy atom. The van der Waals surface area contributed by atoms with E-state index in [-0.39, 0.29) is 18.3 Å². The predicted octanol–water partition coefficient (Wildman–Crippen LogP) is 3.56. The van der Waals surface area contributed by atoms with Crippen LogP contribution in [0.2, 0.25) is 0 Å². The van der Waals surface area contributed by atoms with Gasteiger partial charge >= 0.3 is 0 Å². The van der Waals surface area contributed by atoms with Gasteiger partial charge in [-0.2, -0.15) is 0 Å². The molecule has 0 aromatic heterocycles. The van der Waals surface area contributed by atoms with Crippen molar-refractivity contribution in [3.8, 4) is 0 Å². The highest BCUT2D eigenvalue weighted by Crippen LogP contribution is 2.28. The molecule has 4 heteroatoms. The van der Waals surface area contributed by atoms with Crippen LogP contribution >= 0.6 is 12.4 Å². The summed E-state index contributed by atoms with van der Waals surface area (Å²) in [6, 6.07) is 8.12. The van der Waals surface area contributed by atoms with Crippen LogP contribution in [0.5, 0.6) is 0 Å². The van der Waals surface area contributed by atoms with Gasteiger partial charge in [0.2, 0.25) is 5.91 Å². The van der Waals surface area contributed by atoms with E-state index in [2.05, 4.69) is 19.2 Å². The lowest BCUT2D eigenvalue weighted by Crippen LogP contribution is -2.40. The minimum absolute atomic E-state index is 0. The van der Waals surface area contributed by atoms with Crippen LogP contribution in [0.4, 0.5) is 5.69 Å². The summed E-state index contributed by atoms with van der Waals surface area (Å²) in [6.07, 6.45) is 4.75. The van der Waals surface area contributed by atoms with Crippen molar-refractivity contribution in [1.82, 2.24) is 5.32 Å². The number of nitrogens with two attached hydrogens (primary N) is 1. The number of rotatable bonds is 4. The first kappa shape index (κ1) is 17.8. The molecule has 0 radical (unpaired) electrons. The summed E-state index contributed by atoms with van der Waals surface area (Å²) in [5.74, 6) is 1.59. The van der Waals surface area contributed by atoms with Gasteiger partial charge in [-0.05, 0) is 49.1 Å². The van der Waals surface area contributed by atoms with Crippen LogP contribution in [0, 0.1) is 11.8 Å². The Labute approximate surface area is 134 Å². The summed E-state index contributed by atoms with van der Waals surface area (Å²) < 4.78 is 0. The molecule has 1 fully saturated rings. The van der Waals surface area contributed by atoms with Gasteiger partial charge in [0.1, 0.15) is 0 Å². The highest BCUT2D eigenvalue weighted by atomic mass is 35.5. The number of para-hydroxylation sites is 1. The summed E-state index contributed by atoms with van der Waals surface area (Å²) in [5.41, 5.74) is 7.74. The van der Waals surface area contributed by atoms with Gasteiger partial charge in [0.15, 0.2) is 0 Å². The molecule has 2 unspecified atom stereocenters. The summed E-state index contributed by atoms with van der Waals surface area (Å²) in [7, 11) is 0. The van der Waals surface area contributed by atoms with Crippen LogP contribution in [-0.4, -0.2) is 11.9 Å².